The van der Waals surface area contributed by atoms with E-state index >= 15 is 0 Å². The number of esters is 1. The Morgan fingerprint density at radius 2 is 1.85 bits per heavy atom. The highest BCUT2D eigenvalue weighted by molar-refractivity contribution is 9.10. The van der Waals surface area contributed by atoms with Crippen LogP contribution in [0.5, 0.6) is 5.75 Å². The number of carbonyl (C=O) groups is 1. The molecule has 0 amide bonds. The van der Waals surface area contributed by atoms with Gasteiger partial charge >= 0.3 is 5.97 Å². The van der Waals surface area contributed by atoms with E-state index in [4.69, 9.17) is 13.9 Å². The molecule has 4 aromatic rings. The number of nitrogens with zero attached hydrogens (tertiary/aromatic N) is 2. The third kappa shape index (κ3) is 5.25. The smallest absolute Gasteiger partial charge is 0.332 e. The monoisotopic (exact) mass is 522 g/mol. The molecule has 0 N–H and O–H groups in total. The van der Waals surface area contributed by atoms with Crippen molar-refractivity contribution in [2.75, 3.05) is 13.7 Å². The number of aromatic nitrogens is 2. The van der Waals surface area contributed by atoms with Crippen LogP contribution in [0.1, 0.15) is 23.9 Å². The number of carbonyl (C=O) groups excluding carboxylic acids is 1. The van der Waals surface area contributed by atoms with Crippen molar-refractivity contribution in [3.05, 3.63) is 94.5 Å². The van der Waals surface area contributed by atoms with Crippen LogP contribution in [-0.2, 0) is 27.9 Å². The van der Waals surface area contributed by atoms with Crippen LogP contribution in [0, 0.1) is 6.92 Å². The molecule has 176 valence electrons. The molecule has 0 saturated heterocycles. The first-order valence-electron chi connectivity index (χ1n) is 11.0. The van der Waals surface area contributed by atoms with E-state index in [9.17, 15) is 4.79 Å². The third-order valence-corrected chi connectivity index (χ3v) is 6.31. The summed E-state index contributed by atoms with van der Waals surface area (Å²) in [5.74, 6) is 1.89. The van der Waals surface area contributed by atoms with Crippen molar-refractivity contribution in [3.8, 4) is 17.2 Å². The summed E-state index contributed by atoms with van der Waals surface area (Å²) in [4.78, 5) is 17.2. The molecule has 0 fully saturated rings. The van der Waals surface area contributed by atoms with Gasteiger partial charge in [0.1, 0.15) is 17.0 Å². The maximum atomic E-state index is 12.6. The Morgan fingerprint density at radius 1 is 1.12 bits per heavy atom. The number of aryl methyl sites for hydroxylation is 1. The molecule has 2 heterocycles. The van der Waals surface area contributed by atoms with Gasteiger partial charge in [0, 0.05) is 35.3 Å². The van der Waals surface area contributed by atoms with E-state index in [0.717, 1.165) is 32.8 Å². The predicted octanol–water partition coefficient (Wildman–Crippen LogP) is 5.97. The molecule has 2 aromatic carbocycles. The molecule has 2 aromatic heterocycles. The molecule has 1 atom stereocenters. The molecule has 0 aliphatic heterocycles. The summed E-state index contributed by atoms with van der Waals surface area (Å²) in [6, 6.07) is 19.5. The lowest BCUT2D eigenvalue weighted by molar-refractivity contribution is -0.150. The molecular formula is C27H27BrN2O4. The first kappa shape index (κ1) is 23.8. The Hall–Kier alpha value is -3.32. The summed E-state index contributed by atoms with van der Waals surface area (Å²) >= 11 is 3.45. The number of ether oxygens (including phenoxy) is 2. The fraction of sp³-hybridized carbons (Fsp3) is 0.259. The van der Waals surface area contributed by atoms with Gasteiger partial charge in [-0.05, 0) is 65.7 Å². The van der Waals surface area contributed by atoms with Gasteiger partial charge < -0.3 is 18.5 Å². The van der Waals surface area contributed by atoms with Crippen molar-refractivity contribution in [2.24, 2.45) is 0 Å². The lowest BCUT2D eigenvalue weighted by Crippen LogP contribution is -2.41. The van der Waals surface area contributed by atoms with Crippen molar-refractivity contribution >= 4 is 21.9 Å². The second-order valence-corrected chi connectivity index (χ2v) is 9.23. The maximum absolute atomic E-state index is 12.6. The molecule has 0 aliphatic rings. The van der Waals surface area contributed by atoms with Crippen LogP contribution in [0.25, 0.3) is 11.5 Å². The minimum Gasteiger partial charge on any atom is -0.493 e. The normalized spacial score (nSPS) is 12.8. The van der Waals surface area contributed by atoms with Crippen LogP contribution in [0.2, 0.25) is 0 Å². The average Bonchev–Trinajstić information content (AvgIpc) is 3.46. The van der Waals surface area contributed by atoms with Gasteiger partial charge in [-0.1, -0.05) is 30.3 Å². The topological polar surface area (TPSA) is 66.5 Å². The third-order valence-electron chi connectivity index (χ3n) is 5.84. The number of halogens is 1. The fourth-order valence-corrected chi connectivity index (χ4v) is 4.24. The molecule has 0 spiro atoms. The molecule has 7 heteroatoms. The summed E-state index contributed by atoms with van der Waals surface area (Å²) in [6.07, 6.45) is 4.88. The number of benzene rings is 2. The SMILES string of the molecule is COC(=O)[C@](C)(Cc1ccc(OCCc2nc(-c3ccccc3)oc2C)cc1)n1ccc(Br)c1. The zero-order chi connectivity index (χ0) is 24.1. The second kappa shape index (κ2) is 10.3. The van der Waals surface area contributed by atoms with E-state index in [1.807, 2.05) is 91.5 Å². The number of hydrogen-bond acceptors (Lipinski definition) is 5. The lowest BCUT2D eigenvalue weighted by Gasteiger charge is -2.29. The highest BCUT2D eigenvalue weighted by atomic mass is 79.9. The molecule has 0 aliphatic carbocycles. The lowest BCUT2D eigenvalue weighted by atomic mass is 9.92. The Bertz CT molecular complexity index is 1250. The van der Waals surface area contributed by atoms with Gasteiger partial charge in [-0.3, -0.25) is 0 Å². The van der Waals surface area contributed by atoms with Gasteiger partial charge in [-0.25, -0.2) is 9.78 Å². The van der Waals surface area contributed by atoms with Gasteiger partial charge in [0.2, 0.25) is 5.89 Å². The molecular weight excluding hydrogens is 496 g/mol. The molecule has 34 heavy (non-hydrogen) atoms. The highest BCUT2D eigenvalue weighted by Gasteiger charge is 2.36. The van der Waals surface area contributed by atoms with Crippen LogP contribution in [0.3, 0.4) is 0 Å². The van der Waals surface area contributed by atoms with E-state index in [1.165, 1.54) is 7.11 Å². The number of oxazole rings is 1. The van der Waals surface area contributed by atoms with Gasteiger partial charge in [-0.2, -0.15) is 0 Å². The van der Waals surface area contributed by atoms with E-state index in [1.54, 1.807) is 0 Å². The Balaban J connectivity index is 1.38. The quantitative estimate of drug-likeness (QED) is 0.253. The van der Waals surface area contributed by atoms with Crippen molar-refractivity contribution in [1.82, 2.24) is 9.55 Å². The minimum absolute atomic E-state index is 0.297. The van der Waals surface area contributed by atoms with E-state index in [0.29, 0.717) is 25.3 Å². The average molecular weight is 523 g/mol. The first-order valence-corrected chi connectivity index (χ1v) is 11.8. The first-order chi connectivity index (χ1) is 16.4. The summed E-state index contributed by atoms with van der Waals surface area (Å²) < 4.78 is 19.6. The standard InChI is InChI=1S/C27H27BrN2O4/c1-19-24(29-25(34-19)21-7-5-4-6-8-21)14-16-33-23-11-9-20(10-12-23)17-27(2,26(31)32-3)30-15-13-22(28)18-30/h4-13,15,18H,14,16-17H2,1-3H3/t27-/m0/s1. The summed E-state index contributed by atoms with van der Waals surface area (Å²) in [5.41, 5.74) is 2.00. The molecule has 0 radical (unpaired) electrons. The van der Waals surface area contributed by atoms with Gasteiger partial charge in [-0.15, -0.1) is 0 Å². The van der Waals surface area contributed by atoms with Crippen LogP contribution in [0.4, 0.5) is 0 Å². The maximum Gasteiger partial charge on any atom is 0.332 e. The van der Waals surface area contributed by atoms with Gasteiger partial charge in [0.25, 0.3) is 0 Å². The number of hydrogen-bond donors (Lipinski definition) is 0. The van der Waals surface area contributed by atoms with E-state index in [2.05, 4.69) is 20.9 Å². The molecule has 4 rings (SSSR count). The van der Waals surface area contributed by atoms with Crippen LogP contribution >= 0.6 is 15.9 Å². The molecule has 0 bridgehead atoms. The van der Waals surface area contributed by atoms with E-state index < -0.39 is 5.54 Å². The van der Waals surface area contributed by atoms with Gasteiger partial charge in [0.05, 0.1) is 19.4 Å². The minimum atomic E-state index is -0.857. The zero-order valence-electron chi connectivity index (χ0n) is 19.5. The molecule has 6 nitrogen and oxygen atoms in total. The van der Waals surface area contributed by atoms with E-state index in [-0.39, 0.29) is 5.97 Å². The predicted molar refractivity (Wildman–Crippen MR) is 134 cm³/mol. The van der Waals surface area contributed by atoms with Crippen molar-refractivity contribution in [1.29, 1.82) is 0 Å². The number of methoxy groups -OCH3 is 1. The van der Waals surface area contributed by atoms with Crippen molar-refractivity contribution in [3.63, 3.8) is 0 Å². The summed E-state index contributed by atoms with van der Waals surface area (Å²) in [7, 11) is 1.41. The van der Waals surface area contributed by atoms with Crippen molar-refractivity contribution in [2.45, 2.75) is 32.2 Å². The second-order valence-electron chi connectivity index (χ2n) is 8.31. The summed E-state index contributed by atoms with van der Waals surface area (Å²) in [6.45, 7) is 4.28. The molecule has 0 saturated carbocycles. The number of rotatable bonds is 9. The van der Waals surface area contributed by atoms with Crippen molar-refractivity contribution < 1.29 is 18.7 Å². The summed E-state index contributed by atoms with van der Waals surface area (Å²) in [5, 5.41) is 0. The Kier molecular flexibility index (Phi) is 7.22. The van der Waals surface area contributed by atoms with Crippen LogP contribution in [-0.4, -0.2) is 29.2 Å². The molecule has 0 unspecified atom stereocenters. The van der Waals surface area contributed by atoms with Gasteiger partial charge in [0.15, 0.2) is 0 Å². The van der Waals surface area contributed by atoms with Crippen LogP contribution < -0.4 is 4.74 Å². The zero-order valence-corrected chi connectivity index (χ0v) is 21.0. The fourth-order valence-electron chi connectivity index (χ4n) is 3.90. The Morgan fingerprint density at radius 3 is 2.50 bits per heavy atom. The van der Waals surface area contributed by atoms with Crippen LogP contribution in [0.15, 0.2) is 81.9 Å². The largest absolute Gasteiger partial charge is 0.493 e. The highest BCUT2D eigenvalue weighted by Crippen LogP contribution is 2.27. The Labute approximate surface area is 207 Å².